The van der Waals surface area contributed by atoms with Gasteiger partial charge in [0.05, 0.1) is 11.9 Å². The van der Waals surface area contributed by atoms with Crippen LogP contribution >= 0.6 is 0 Å². The molecule has 1 amide bonds. The van der Waals surface area contributed by atoms with E-state index in [2.05, 4.69) is 33.4 Å². The van der Waals surface area contributed by atoms with Gasteiger partial charge in [-0.25, -0.2) is 9.37 Å². The molecule has 1 fully saturated rings. The molecule has 1 aromatic carbocycles. The summed E-state index contributed by atoms with van der Waals surface area (Å²) in [6.07, 6.45) is 11.8. The molecule has 3 unspecified atom stereocenters. The van der Waals surface area contributed by atoms with Gasteiger partial charge in [-0.15, -0.1) is 0 Å². The molecule has 0 saturated heterocycles. The largest absolute Gasteiger partial charge is 0.309 e. The number of carbonyl (C=O) groups excluding carboxylic acids is 1. The van der Waals surface area contributed by atoms with Gasteiger partial charge in [-0.2, -0.15) is 5.10 Å². The summed E-state index contributed by atoms with van der Waals surface area (Å²) in [6.45, 7) is 2.36. The average molecular weight is 446 g/mol. The van der Waals surface area contributed by atoms with Crippen molar-refractivity contribution in [3.05, 3.63) is 71.2 Å². The summed E-state index contributed by atoms with van der Waals surface area (Å²) in [5, 5.41) is 10.6. The highest BCUT2D eigenvalue weighted by atomic mass is 19.1. The van der Waals surface area contributed by atoms with E-state index in [4.69, 9.17) is 5.10 Å². The Balaban J connectivity index is 1.28. The van der Waals surface area contributed by atoms with Crippen LogP contribution in [0.1, 0.15) is 73.2 Å². The number of hydrogen-bond acceptors (Lipinski definition) is 4. The van der Waals surface area contributed by atoms with Crippen LogP contribution in [0.2, 0.25) is 0 Å². The molecule has 0 bridgehead atoms. The van der Waals surface area contributed by atoms with Crippen molar-refractivity contribution in [3.63, 3.8) is 0 Å². The molecule has 6 nitrogen and oxygen atoms in total. The normalized spacial score (nSPS) is 29.5. The van der Waals surface area contributed by atoms with E-state index in [-0.39, 0.29) is 23.1 Å². The first-order valence-electron chi connectivity index (χ1n) is 11.9. The van der Waals surface area contributed by atoms with Crippen molar-refractivity contribution in [3.8, 4) is 0 Å². The summed E-state index contributed by atoms with van der Waals surface area (Å²) >= 11 is 0. The minimum Gasteiger partial charge on any atom is -0.309 e. The van der Waals surface area contributed by atoms with Crippen LogP contribution in [0.4, 0.5) is 10.2 Å². The highest BCUT2D eigenvalue weighted by molar-refractivity contribution is 5.89. The van der Waals surface area contributed by atoms with Crippen LogP contribution in [0, 0.1) is 17.7 Å². The molecular weight excluding hydrogens is 417 g/mol. The number of fused-ring (bicyclic) bond motifs is 7. The third-order valence-electron chi connectivity index (χ3n) is 8.53. The first-order chi connectivity index (χ1) is 16.1. The maximum atomic E-state index is 14.5. The standard InChI is InChI=1S/C26H28FN5O/c1-26-10-9-16-15-3-2-4-21(27)17(15)5-6-18(16)24(26)19(20-13-30-32-25(20)26)7-8-23(33)31-22-14-28-11-12-29-22/h2-4,11-14,16,18-19,24H,5-10H2,1H3,(H,30,32)(H,29,31,33)/t16?,18?,19-,24?,26+/m1/s1. The summed E-state index contributed by atoms with van der Waals surface area (Å²) < 4.78 is 14.5. The predicted molar refractivity (Wildman–Crippen MR) is 122 cm³/mol. The molecule has 6 rings (SSSR count). The van der Waals surface area contributed by atoms with Crippen molar-refractivity contribution < 1.29 is 9.18 Å². The van der Waals surface area contributed by atoms with E-state index in [1.807, 2.05) is 12.3 Å². The summed E-state index contributed by atoms with van der Waals surface area (Å²) in [4.78, 5) is 20.9. The van der Waals surface area contributed by atoms with Gasteiger partial charge in [0, 0.05) is 30.4 Å². The second-order valence-electron chi connectivity index (χ2n) is 10.1. The van der Waals surface area contributed by atoms with E-state index in [1.54, 1.807) is 24.7 Å². The predicted octanol–water partition coefficient (Wildman–Crippen LogP) is 4.87. The fourth-order valence-electron chi connectivity index (χ4n) is 7.27. The highest BCUT2D eigenvalue weighted by Gasteiger charge is 2.58. The molecule has 5 atom stereocenters. The number of amides is 1. The number of aromatic amines is 1. The van der Waals surface area contributed by atoms with Crippen LogP contribution in [0.3, 0.4) is 0 Å². The first-order valence-corrected chi connectivity index (χ1v) is 11.9. The molecule has 0 aliphatic heterocycles. The van der Waals surface area contributed by atoms with Crippen LogP contribution in [-0.4, -0.2) is 26.1 Å². The van der Waals surface area contributed by atoms with E-state index in [0.29, 0.717) is 30.0 Å². The lowest BCUT2D eigenvalue weighted by Gasteiger charge is -2.50. The zero-order chi connectivity index (χ0) is 22.6. The number of anilines is 1. The number of H-pyrrole nitrogens is 1. The van der Waals surface area contributed by atoms with Gasteiger partial charge in [-0.3, -0.25) is 14.9 Å². The van der Waals surface area contributed by atoms with Crippen molar-refractivity contribution in [2.75, 3.05) is 5.32 Å². The number of hydrogen-bond donors (Lipinski definition) is 2. The van der Waals surface area contributed by atoms with Crippen molar-refractivity contribution in [1.29, 1.82) is 0 Å². The van der Waals surface area contributed by atoms with Crippen LogP contribution in [0.15, 0.2) is 43.0 Å². The molecule has 7 heteroatoms. The summed E-state index contributed by atoms with van der Waals surface area (Å²) in [5.41, 5.74) is 4.56. The molecular formula is C26H28FN5O. The van der Waals surface area contributed by atoms with Crippen LogP contribution in [-0.2, 0) is 16.6 Å². The Labute approximate surface area is 192 Å². The van der Waals surface area contributed by atoms with Crippen LogP contribution in [0.25, 0.3) is 0 Å². The molecule has 170 valence electrons. The van der Waals surface area contributed by atoms with E-state index in [0.717, 1.165) is 37.7 Å². The van der Waals surface area contributed by atoms with Crippen molar-refractivity contribution >= 4 is 11.7 Å². The van der Waals surface area contributed by atoms with E-state index >= 15 is 0 Å². The van der Waals surface area contributed by atoms with E-state index in [1.165, 1.54) is 16.8 Å². The van der Waals surface area contributed by atoms with Crippen molar-refractivity contribution in [2.24, 2.45) is 11.8 Å². The van der Waals surface area contributed by atoms with Gasteiger partial charge in [-0.05, 0) is 78.5 Å². The second kappa shape index (κ2) is 7.75. The SMILES string of the molecule is C[C@]12CCC3c4cccc(F)c4CCC3C1[C@H](CCC(=O)Nc1cnccn1)c1c[nH]nc12. The minimum atomic E-state index is -0.0592. The van der Waals surface area contributed by atoms with Gasteiger partial charge >= 0.3 is 0 Å². The Morgan fingerprint density at radius 3 is 3.03 bits per heavy atom. The maximum Gasteiger partial charge on any atom is 0.225 e. The van der Waals surface area contributed by atoms with Gasteiger partial charge in [0.1, 0.15) is 5.82 Å². The summed E-state index contributed by atoms with van der Waals surface area (Å²) in [6, 6.07) is 5.59. The Kier molecular flexibility index (Phi) is 4.82. The lowest BCUT2D eigenvalue weighted by atomic mass is 9.53. The number of nitrogens with zero attached hydrogens (tertiary/aromatic N) is 3. The van der Waals surface area contributed by atoms with Gasteiger partial charge in [0.15, 0.2) is 5.82 Å². The fourth-order valence-corrected chi connectivity index (χ4v) is 7.27. The smallest absolute Gasteiger partial charge is 0.225 e. The molecule has 33 heavy (non-hydrogen) atoms. The first kappa shape index (κ1) is 20.5. The van der Waals surface area contributed by atoms with E-state index < -0.39 is 0 Å². The van der Waals surface area contributed by atoms with Gasteiger partial charge in [0.2, 0.25) is 5.91 Å². The number of nitrogens with one attached hydrogen (secondary N) is 2. The second-order valence-corrected chi connectivity index (χ2v) is 10.1. The number of halogens is 1. The molecule has 3 aliphatic carbocycles. The zero-order valence-electron chi connectivity index (χ0n) is 18.7. The molecule has 3 aromatic rings. The topological polar surface area (TPSA) is 83.6 Å². The highest BCUT2D eigenvalue weighted by Crippen LogP contribution is 2.64. The van der Waals surface area contributed by atoms with E-state index in [9.17, 15) is 9.18 Å². The fraction of sp³-hybridized carbons (Fsp3) is 0.462. The third-order valence-corrected chi connectivity index (χ3v) is 8.53. The number of carbonyl (C=O) groups is 1. The summed E-state index contributed by atoms with van der Waals surface area (Å²) in [5.74, 6) is 1.90. The number of rotatable bonds is 4. The molecule has 1 saturated carbocycles. The molecule has 0 radical (unpaired) electrons. The van der Waals surface area contributed by atoms with Crippen LogP contribution < -0.4 is 5.32 Å². The van der Waals surface area contributed by atoms with Gasteiger partial charge in [-0.1, -0.05) is 19.1 Å². The van der Waals surface area contributed by atoms with Crippen LogP contribution in [0.5, 0.6) is 0 Å². The lowest BCUT2D eigenvalue weighted by Crippen LogP contribution is -2.44. The maximum absolute atomic E-state index is 14.5. The number of aromatic nitrogens is 4. The Bertz CT molecular complexity index is 1190. The Morgan fingerprint density at radius 2 is 2.18 bits per heavy atom. The van der Waals surface area contributed by atoms with Gasteiger partial charge < -0.3 is 5.32 Å². The number of benzene rings is 1. The average Bonchev–Trinajstić information content (AvgIpc) is 3.39. The molecule has 0 spiro atoms. The summed E-state index contributed by atoms with van der Waals surface area (Å²) in [7, 11) is 0. The molecule has 2 aromatic heterocycles. The lowest BCUT2D eigenvalue weighted by molar-refractivity contribution is -0.116. The van der Waals surface area contributed by atoms with Gasteiger partial charge in [0.25, 0.3) is 0 Å². The zero-order valence-corrected chi connectivity index (χ0v) is 18.7. The third kappa shape index (κ3) is 3.20. The van der Waals surface area contributed by atoms with Crippen molar-refractivity contribution in [2.45, 2.75) is 62.7 Å². The quantitative estimate of drug-likeness (QED) is 0.600. The molecule has 2 N–H and O–H groups in total. The minimum absolute atomic E-state index is 0.00657. The monoisotopic (exact) mass is 445 g/mol. The molecule has 3 aliphatic rings. The Hall–Kier alpha value is -3.09. The molecule has 2 heterocycles. The Morgan fingerprint density at radius 1 is 1.27 bits per heavy atom. The van der Waals surface area contributed by atoms with Crippen molar-refractivity contribution in [1.82, 2.24) is 20.2 Å².